The van der Waals surface area contributed by atoms with E-state index in [1.165, 1.54) is 11.3 Å². The summed E-state index contributed by atoms with van der Waals surface area (Å²) in [5.41, 5.74) is 1.57. The monoisotopic (exact) mass is 332 g/mol. The van der Waals surface area contributed by atoms with Crippen LogP contribution in [0.5, 0.6) is 0 Å². The van der Waals surface area contributed by atoms with Gasteiger partial charge in [-0.1, -0.05) is 18.2 Å². The van der Waals surface area contributed by atoms with Crippen molar-refractivity contribution in [2.24, 2.45) is 0 Å². The summed E-state index contributed by atoms with van der Waals surface area (Å²) in [7, 11) is 0. The van der Waals surface area contributed by atoms with Gasteiger partial charge in [0.05, 0.1) is 3.79 Å². The van der Waals surface area contributed by atoms with Crippen LogP contribution in [0.3, 0.4) is 0 Å². The molecule has 0 aliphatic rings. The molecular formula is C14H9BrN2OS. The van der Waals surface area contributed by atoms with E-state index in [0.717, 1.165) is 9.35 Å². The zero-order chi connectivity index (χ0) is 13.7. The second kappa shape index (κ2) is 6.32. The van der Waals surface area contributed by atoms with Crippen LogP contribution in [0.4, 0.5) is 5.69 Å². The van der Waals surface area contributed by atoms with E-state index in [2.05, 4.69) is 21.2 Å². The van der Waals surface area contributed by atoms with E-state index in [0.29, 0.717) is 5.69 Å². The average Bonchev–Trinajstić information content (AvgIpc) is 2.82. The van der Waals surface area contributed by atoms with Crippen molar-refractivity contribution in [3.8, 4) is 6.07 Å². The highest BCUT2D eigenvalue weighted by molar-refractivity contribution is 9.11. The number of nitrogens with one attached hydrogen (secondary N) is 1. The molecule has 94 valence electrons. The summed E-state index contributed by atoms with van der Waals surface area (Å²) in [5, 5.41) is 13.6. The van der Waals surface area contributed by atoms with E-state index < -0.39 is 5.91 Å². The fourth-order valence-corrected chi connectivity index (χ4v) is 2.57. The highest BCUT2D eigenvalue weighted by Crippen LogP contribution is 2.22. The second-order valence-electron chi connectivity index (χ2n) is 3.67. The first-order valence-electron chi connectivity index (χ1n) is 5.41. The molecule has 5 heteroatoms. The lowest BCUT2D eigenvalue weighted by Gasteiger charge is -2.03. The third-order valence-electron chi connectivity index (χ3n) is 2.30. The van der Waals surface area contributed by atoms with Crippen LogP contribution in [0.25, 0.3) is 6.08 Å². The van der Waals surface area contributed by atoms with E-state index in [-0.39, 0.29) is 5.57 Å². The van der Waals surface area contributed by atoms with Crippen LogP contribution in [0.15, 0.2) is 51.1 Å². The van der Waals surface area contributed by atoms with Crippen LogP contribution >= 0.6 is 27.3 Å². The van der Waals surface area contributed by atoms with Gasteiger partial charge in [0.25, 0.3) is 5.91 Å². The minimum Gasteiger partial charge on any atom is -0.321 e. The van der Waals surface area contributed by atoms with Gasteiger partial charge in [-0.2, -0.15) is 5.26 Å². The Bertz CT molecular complexity index is 656. The van der Waals surface area contributed by atoms with Crippen LogP contribution < -0.4 is 5.32 Å². The molecule has 0 atom stereocenters. The fraction of sp³-hybridized carbons (Fsp3) is 0. The van der Waals surface area contributed by atoms with Crippen molar-refractivity contribution in [1.82, 2.24) is 0 Å². The lowest BCUT2D eigenvalue weighted by atomic mass is 10.2. The third kappa shape index (κ3) is 3.78. The Labute approximate surface area is 123 Å². The number of halogens is 1. The summed E-state index contributed by atoms with van der Waals surface area (Å²) >= 11 is 4.84. The van der Waals surface area contributed by atoms with Crippen LogP contribution in [0, 0.1) is 11.3 Å². The molecule has 3 nitrogen and oxygen atoms in total. The third-order valence-corrected chi connectivity index (χ3v) is 3.82. The predicted molar refractivity (Wildman–Crippen MR) is 80.7 cm³/mol. The number of carbonyl (C=O) groups excluding carboxylic acids is 1. The Morgan fingerprint density at radius 3 is 2.68 bits per heavy atom. The van der Waals surface area contributed by atoms with Crippen molar-refractivity contribution < 1.29 is 4.79 Å². The summed E-state index contributed by atoms with van der Waals surface area (Å²) in [5.74, 6) is -0.406. The van der Waals surface area contributed by atoms with Crippen molar-refractivity contribution in [3.63, 3.8) is 0 Å². The first-order valence-corrected chi connectivity index (χ1v) is 7.08. The van der Waals surface area contributed by atoms with E-state index in [1.807, 2.05) is 35.7 Å². The van der Waals surface area contributed by atoms with E-state index in [1.54, 1.807) is 18.2 Å². The first-order chi connectivity index (χ1) is 9.19. The quantitative estimate of drug-likeness (QED) is 0.680. The minimum atomic E-state index is -0.406. The maximum Gasteiger partial charge on any atom is 0.266 e. The minimum absolute atomic E-state index is 0.0779. The number of nitrogens with zero attached hydrogens (tertiary/aromatic N) is 1. The molecule has 1 aromatic carbocycles. The molecule has 0 saturated carbocycles. The van der Waals surface area contributed by atoms with E-state index in [4.69, 9.17) is 5.26 Å². The summed E-state index contributed by atoms with van der Waals surface area (Å²) in [6, 6.07) is 12.8. The number of para-hydroxylation sites is 1. The molecule has 0 radical (unpaired) electrons. The molecule has 1 amide bonds. The molecule has 0 unspecified atom stereocenters. The second-order valence-corrected chi connectivity index (χ2v) is 5.96. The highest BCUT2D eigenvalue weighted by Gasteiger charge is 2.09. The molecule has 1 aromatic heterocycles. The lowest BCUT2D eigenvalue weighted by molar-refractivity contribution is -0.112. The van der Waals surface area contributed by atoms with Gasteiger partial charge in [0.15, 0.2) is 0 Å². The SMILES string of the molecule is N#C/C(=C/c1csc(Br)c1)C(=O)Nc1ccccc1. The maximum atomic E-state index is 11.9. The van der Waals surface area contributed by atoms with Crippen LogP contribution in [-0.4, -0.2) is 5.91 Å². The number of rotatable bonds is 3. The summed E-state index contributed by atoms with van der Waals surface area (Å²) in [6.45, 7) is 0. The van der Waals surface area contributed by atoms with Crippen molar-refractivity contribution >= 4 is 44.9 Å². The Balaban J connectivity index is 2.16. The van der Waals surface area contributed by atoms with Crippen LogP contribution in [0.1, 0.15) is 5.56 Å². The van der Waals surface area contributed by atoms with Crippen molar-refractivity contribution in [2.75, 3.05) is 5.32 Å². The molecule has 0 fully saturated rings. The Morgan fingerprint density at radius 1 is 1.37 bits per heavy atom. The smallest absolute Gasteiger partial charge is 0.266 e. The van der Waals surface area contributed by atoms with Crippen molar-refractivity contribution in [1.29, 1.82) is 5.26 Å². The summed E-state index contributed by atoms with van der Waals surface area (Å²) in [6.07, 6.45) is 1.57. The van der Waals surface area contributed by atoms with Gasteiger partial charge in [0.1, 0.15) is 11.6 Å². The van der Waals surface area contributed by atoms with Gasteiger partial charge in [-0.05, 0) is 51.1 Å². The average molecular weight is 333 g/mol. The normalized spacial score (nSPS) is 10.8. The predicted octanol–water partition coefficient (Wildman–Crippen LogP) is 4.06. The van der Waals surface area contributed by atoms with Gasteiger partial charge in [-0.25, -0.2) is 0 Å². The molecule has 0 saturated heterocycles. The molecular weight excluding hydrogens is 324 g/mol. The molecule has 2 rings (SSSR count). The zero-order valence-electron chi connectivity index (χ0n) is 9.76. The molecule has 2 aromatic rings. The van der Waals surface area contributed by atoms with Gasteiger partial charge >= 0.3 is 0 Å². The van der Waals surface area contributed by atoms with Gasteiger partial charge in [0, 0.05) is 5.69 Å². The number of thiophene rings is 1. The molecule has 19 heavy (non-hydrogen) atoms. The standard InChI is InChI=1S/C14H9BrN2OS/c15-13-7-10(9-19-13)6-11(8-16)14(18)17-12-4-2-1-3-5-12/h1-7,9H,(H,17,18)/b11-6-. The number of anilines is 1. The largest absolute Gasteiger partial charge is 0.321 e. The molecule has 0 aliphatic carbocycles. The zero-order valence-corrected chi connectivity index (χ0v) is 12.2. The Morgan fingerprint density at radius 2 is 2.11 bits per heavy atom. The Kier molecular flexibility index (Phi) is 4.50. The fourth-order valence-electron chi connectivity index (χ4n) is 1.43. The topological polar surface area (TPSA) is 52.9 Å². The van der Waals surface area contributed by atoms with Crippen LogP contribution in [0.2, 0.25) is 0 Å². The molecule has 1 N–H and O–H groups in total. The molecule has 1 heterocycles. The lowest BCUT2D eigenvalue weighted by Crippen LogP contribution is -2.13. The number of hydrogen-bond acceptors (Lipinski definition) is 3. The number of carbonyl (C=O) groups is 1. The first kappa shape index (κ1) is 13.5. The summed E-state index contributed by atoms with van der Waals surface area (Å²) in [4.78, 5) is 11.9. The molecule has 0 bridgehead atoms. The van der Waals surface area contributed by atoms with Gasteiger partial charge in [-0.3, -0.25) is 4.79 Å². The van der Waals surface area contributed by atoms with Gasteiger partial charge < -0.3 is 5.32 Å². The van der Waals surface area contributed by atoms with E-state index >= 15 is 0 Å². The molecule has 0 spiro atoms. The number of benzene rings is 1. The maximum absolute atomic E-state index is 11.9. The van der Waals surface area contributed by atoms with Crippen LogP contribution in [-0.2, 0) is 4.79 Å². The van der Waals surface area contributed by atoms with Crippen molar-refractivity contribution in [2.45, 2.75) is 0 Å². The number of amides is 1. The Hall–Kier alpha value is -1.90. The molecule has 0 aliphatic heterocycles. The summed E-state index contributed by atoms with van der Waals surface area (Å²) < 4.78 is 0.958. The van der Waals surface area contributed by atoms with Gasteiger partial charge in [-0.15, -0.1) is 11.3 Å². The van der Waals surface area contributed by atoms with Gasteiger partial charge in [0.2, 0.25) is 0 Å². The number of hydrogen-bond donors (Lipinski definition) is 1. The highest BCUT2D eigenvalue weighted by atomic mass is 79.9. The van der Waals surface area contributed by atoms with Crippen molar-refractivity contribution in [3.05, 3.63) is 56.7 Å². The van der Waals surface area contributed by atoms with E-state index in [9.17, 15) is 4.79 Å². The number of nitriles is 1.